The number of nitrogens with zero attached hydrogens (tertiary/aromatic N) is 1. The van der Waals surface area contributed by atoms with E-state index >= 15 is 0 Å². The van der Waals surface area contributed by atoms with Crippen LogP contribution in [0.4, 0.5) is 13.2 Å². The highest BCUT2D eigenvalue weighted by Crippen LogP contribution is 2.36. The third-order valence-corrected chi connectivity index (χ3v) is 4.21. The van der Waals surface area contributed by atoms with Crippen LogP contribution >= 0.6 is 0 Å². The molecule has 0 aromatic carbocycles. The molecule has 1 amide bonds. The fraction of sp³-hybridized carbons (Fsp3) is 0.923. The number of carbonyl (C=O) groups excluding carboxylic acids is 1. The van der Waals surface area contributed by atoms with Crippen molar-refractivity contribution in [2.24, 2.45) is 17.4 Å². The average Bonchev–Trinajstić information content (AvgIpc) is 2.65. The van der Waals surface area contributed by atoms with Gasteiger partial charge in [0.15, 0.2) is 0 Å². The Morgan fingerprint density at radius 2 is 2.05 bits per heavy atom. The van der Waals surface area contributed by atoms with E-state index in [-0.39, 0.29) is 18.5 Å². The smallest absolute Gasteiger partial charge is 0.368 e. The molecule has 0 heterocycles. The molecule has 1 aliphatic rings. The fourth-order valence-electron chi connectivity index (χ4n) is 2.90. The van der Waals surface area contributed by atoms with Gasteiger partial charge >= 0.3 is 6.18 Å². The number of rotatable bonds is 6. The molecule has 0 aromatic heterocycles. The molecule has 2 atom stereocenters. The molecule has 7 heteroatoms. The molecule has 118 valence electrons. The van der Waals surface area contributed by atoms with Gasteiger partial charge in [-0.1, -0.05) is 6.42 Å². The standard InChI is InChI=1S/C13H24F3N3O/c1-9(2)19(8-13(14,15)16)7-5-10-4-3-6-12(10,18)11(17)20/h9-10H,3-8,18H2,1-2H3,(H2,17,20). The molecule has 0 aromatic rings. The Hall–Kier alpha value is -0.820. The van der Waals surface area contributed by atoms with Gasteiger partial charge in [-0.05, 0) is 45.6 Å². The Labute approximate surface area is 117 Å². The number of nitrogens with two attached hydrogens (primary N) is 2. The number of alkyl halides is 3. The summed E-state index contributed by atoms with van der Waals surface area (Å²) < 4.78 is 37.5. The minimum absolute atomic E-state index is 0.130. The first-order valence-electron chi connectivity index (χ1n) is 6.96. The molecular weight excluding hydrogens is 271 g/mol. The van der Waals surface area contributed by atoms with Gasteiger partial charge in [0.1, 0.15) is 0 Å². The highest BCUT2D eigenvalue weighted by molar-refractivity contribution is 5.85. The second-order valence-electron chi connectivity index (χ2n) is 5.96. The molecular formula is C13H24F3N3O. The highest BCUT2D eigenvalue weighted by atomic mass is 19.4. The normalized spacial score (nSPS) is 27.5. The maximum Gasteiger partial charge on any atom is 0.401 e. The third-order valence-electron chi connectivity index (χ3n) is 4.21. The van der Waals surface area contributed by atoms with Gasteiger partial charge in [0.2, 0.25) is 5.91 Å². The van der Waals surface area contributed by atoms with Crippen molar-refractivity contribution in [1.82, 2.24) is 4.90 Å². The van der Waals surface area contributed by atoms with Crippen molar-refractivity contribution >= 4 is 5.91 Å². The number of hydrogen-bond donors (Lipinski definition) is 2. The Kier molecular flexibility index (Phi) is 5.43. The van der Waals surface area contributed by atoms with Crippen molar-refractivity contribution in [3.8, 4) is 0 Å². The van der Waals surface area contributed by atoms with E-state index in [1.165, 1.54) is 4.90 Å². The predicted molar refractivity (Wildman–Crippen MR) is 70.8 cm³/mol. The molecule has 0 aliphatic heterocycles. The zero-order valence-corrected chi connectivity index (χ0v) is 12.0. The minimum atomic E-state index is -4.22. The Bertz CT molecular complexity index is 346. The van der Waals surface area contributed by atoms with Crippen LogP contribution in [0.5, 0.6) is 0 Å². The van der Waals surface area contributed by atoms with E-state index in [1.54, 1.807) is 13.8 Å². The van der Waals surface area contributed by atoms with Gasteiger partial charge in [0.05, 0.1) is 12.1 Å². The largest absolute Gasteiger partial charge is 0.401 e. The molecule has 4 N–H and O–H groups in total. The lowest BCUT2D eigenvalue weighted by atomic mass is 9.85. The molecule has 4 nitrogen and oxygen atoms in total. The summed E-state index contributed by atoms with van der Waals surface area (Å²) in [6, 6.07) is -0.209. The molecule has 0 spiro atoms. The summed E-state index contributed by atoms with van der Waals surface area (Å²) >= 11 is 0. The van der Waals surface area contributed by atoms with Crippen molar-refractivity contribution in [3.05, 3.63) is 0 Å². The summed E-state index contributed by atoms with van der Waals surface area (Å²) in [6.07, 6.45) is -1.69. The van der Waals surface area contributed by atoms with Crippen molar-refractivity contribution in [3.63, 3.8) is 0 Å². The number of primary amides is 1. The number of amides is 1. The maximum atomic E-state index is 12.5. The van der Waals surface area contributed by atoms with Gasteiger partial charge in [0, 0.05) is 6.04 Å². The van der Waals surface area contributed by atoms with Gasteiger partial charge in [-0.25, -0.2) is 0 Å². The van der Waals surface area contributed by atoms with Crippen LogP contribution in [-0.4, -0.2) is 41.7 Å². The lowest BCUT2D eigenvalue weighted by Gasteiger charge is -2.32. The van der Waals surface area contributed by atoms with E-state index in [2.05, 4.69) is 0 Å². The Balaban J connectivity index is 2.61. The van der Waals surface area contributed by atoms with Crippen molar-refractivity contribution in [2.75, 3.05) is 13.1 Å². The SMILES string of the molecule is CC(C)N(CCC1CCCC1(N)C(N)=O)CC(F)(F)F. The van der Waals surface area contributed by atoms with Gasteiger partial charge in [-0.3, -0.25) is 9.69 Å². The summed E-state index contributed by atoms with van der Waals surface area (Å²) in [5.41, 5.74) is 10.3. The zero-order valence-electron chi connectivity index (χ0n) is 12.0. The molecule has 1 fully saturated rings. The van der Waals surface area contributed by atoms with E-state index in [0.29, 0.717) is 12.8 Å². The number of carbonyl (C=O) groups is 1. The van der Waals surface area contributed by atoms with E-state index in [4.69, 9.17) is 11.5 Å². The molecule has 0 radical (unpaired) electrons. The lowest BCUT2D eigenvalue weighted by Crippen LogP contribution is -2.55. The minimum Gasteiger partial charge on any atom is -0.368 e. The van der Waals surface area contributed by atoms with Crippen LogP contribution in [0.15, 0.2) is 0 Å². The first kappa shape index (κ1) is 17.2. The summed E-state index contributed by atoms with van der Waals surface area (Å²) in [7, 11) is 0. The van der Waals surface area contributed by atoms with Crippen LogP contribution in [0, 0.1) is 5.92 Å². The quantitative estimate of drug-likeness (QED) is 0.782. The van der Waals surface area contributed by atoms with E-state index in [0.717, 1.165) is 12.8 Å². The molecule has 1 saturated carbocycles. The first-order valence-corrected chi connectivity index (χ1v) is 6.96. The van der Waals surface area contributed by atoms with Crippen molar-refractivity contribution < 1.29 is 18.0 Å². The van der Waals surface area contributed by atoms with Crippen LogP contribution in [0.3, 0.4) is 0 Å². The van der Waals surface area contributed by atoms with Crippen LogP contribution in [0.25, 0.3) is 0 Å². The van der Waals surface area contributed by atoms with Gasteiger partial charge in [0.25, 0.3) is 0 Å². The van der Waals surface area contributed by atoms with Crippen molar-refractivity contribution in [2.45, 2.75) is 57.3 Å². The van der Waals surface area contributed by atoms with Gasteiger partial charge in [-0.15, -0.1) is 0 Å². The monoisotopic (exact) mass is 295 g/mol. The second-order valence-corrected chi connectivity index (χ2v) is 5.96. The summed E-state index contributed by atoms with van der Waals surface area (Å²) in [5.74, 6) is -0.679. The molecule has 2 unspecified atom stereocenters. The topological polar surface area (TPSA) is 72.3 Å². The second kappa shape index (κ2) is 6.30. The van der Waals surface area contributed by atoms with Gasteiger partial charge < -0.3 is 11.5 Å². The van der Waals surface area contributed by atoms with Crippen LogP contribution in [0.2, 0.25) is 0 Å². The molecule has 1 aliphatic carbocycles. The van der Waals surface area contributed by atoms with E-state index in [1.807, 2.05) is 0 Å². The van der Waals surface area contributed by atoms with Crippen molar-refractivity contribution in [1.29, 1.82) is 0 Å². The fourth-order valence-corrected chi connectivity index (χ4v) is 2.90. The predicted octanol–water partition coefficient (Wildman–Crippen LogP) is 1.63. The maximum absolute atomic E-state index is 12.5. The number of halogens is 3. The Morgan fingerprint density at radius 1 is 1.45 bits per heavy atom. The Morgan fingerprint density at radius 3 is 2.50 bits per heavy atom. The molecule has 0 saturated heterocycles. The van der Waals surface area contributed by atoms with Crippen LogP contribution in [-0.2, 0) is 4.79 Å². The van der Waals surface area contributed by atoms with Crippen LogP contribution in [0.1, 0.15) is 39.5 Å². The lowest BCUT2D eigenvalue weighted by molar-refractivity contribution is -0.150. The van der Waals surface area contributed by atoms with Gasteiger partial charge in [-0.2, -0.15) is 13.2 Å². The van der Waals surface area contributed by atoms with E-state index < -0.39 is 24.2 Å². The molecule has 0 bridgehead atoms. The average molecular weight is 295 g/mol. The third kappa shape index (κ3) is 4.34. The summed E-state index contributed by atoms with van der Waals surface area (Å²) in [4.78, 5) is 12.8. The van der Waals surface area contributed by atoms with Crippen LogP contribution < -0.4 is 11.5 Å². The molecule has 1 rings (SSSR count). The number of hydrogen-bond acceptors (Lipinski definition) is 3. The zero-order chi connectivity index (χ0) is 15.6. The molecule has 20 heavy (non-hydrogen) atoms. The summed E-state index contributed by atoms with van der Waals surface area (Å²) in [6.45, 7) is 2.79. The van der Waals surface area contributed by atoms with E-state index in [9.17, 15) is 18.0 Å². The highest BCUT2D eigenvalue weighted by Gasteiger charge is 2.44. The summed E-state index contributed by atoms with van der Waals surface area (Å²) in [5, 5.41) is 0. The first-order chi connectivity index (χ1) is 9.06.